The molecule has 2 aromatic rings. The Hall–Kier alpha value is -2.63. The molecule has 0 unspecified atom stereocenters. The summed E-state index contributed by atoms with van der Waals surface area (Å²) in [6.07, 6.45) is 1.17. The average molecular weight is 400 g/mol. The van der Waals surface area contributed by atoms with Crippen LogP contribution >= 0.6 is 0 Å². The van der Waals surface area contributed by atoms with E-state index in [2.05, 4.69) is 18.8 Å². The summed E-state index contributed by atoms with van der Waals surface area (Å²) in [4.78, 5) is 34.8. The first-order valence-electron chi connectivity index (χ1n) is 10.3. The molecule has 2 rings (SSSR count). The molecule has 0 aliphatic carbocycles. The summed E-state index contributed by atoms with van der Waals surface area (Å²) in [6, 6.07) is 7.69. The topological polar surface area (TPSA) is 75.3 Å². The summed E-state index contributed by atoms with van der Waals surface area (Å²) in [6.45, 7) is 10.9. The SMILES string of the molecule is CCc1nc(CN(CC(C)C)C(=O)C(C)C)[nH]c(=O)c1Cc1ccc(OC)cc1. The summed E-state index contributed by atoms with van der Waals surface area (Å²) in [5.41, 5.74) is 2.34. The standard InChI is InChI=1S/C23H33N3O3/c1-7-20-19(12-17-8-10-18(29-6)11-9-17)22(27)25-21(24-20)14-26(13-15(2)3)23(28)16(4)5/h8-11,15-16H,7,12-14H2,1-6H3,(H,24,25,27). The number of aromatic amines is 1. The number of nitrogens with one attached hydrogen (secondary N) is 1. The van der Waals surface area contributed by atoms with E-state index in [9.17, 15) is 9.59 Å². The number of carbonyl (C=O) groups excluding carboxylic acids is 1. The third-order valence-corrected chi connectivity index (χ3v) is 4.76. The first-order valence-corrected chi connectivity index (χ1v) is 10.3. The second-order valence-electron chi connectivity index (χ2n) is 8.08. The normalized spacial score (nSPS) is 11.2. The molecule has 1 amide bonds. The zero-order valence-electron chi connectivity index (χ0n) is 18.4. The van der Waals surface area contributed by atoms with Crippen molar-refractivity contribution in [2.75, 3.05) is 13.7 Å². The van der Waals surface area contributed by atoms with E-state index in [-0.39, 0.29) is 17.4 Å². The van der Waals surface area contributed by atoms with Crippen molar-refractivity contribution in [3.8, 4) is 5.75 Å². The van der Waals surface area contributed by atoms with Gasteiger partial charge in [0.25, 0.3) is 5.56 Å². The number of ether oxygens (including phenoxy) is 1. The van der Waals surface area contributed by atoms with E-state index < -0.39 is 0 Å². The number of amides is 1. The van der Waals surface area contributed by atoms with Crippen LogP contribution in [0.25, 0.3) is 0 Å². The van der Waals surface area contributed by atoms with E-state index in [0.29, 0.717) is 43.2 Å². The number of methoxy groups -OCH3 is 1. The molecule has 0 spiro atoms. The smallest absolute Gasteiger partial charge is 0.254 e. The van der Waals surface area contributed by atoms with Gasteiger partial charge in [0, 0.05) is 24.4 Å². The summed E-state index contributed by atoms with van der Waals surface area (Å²) in [5, 5.41) is 0. The molecule has 0 aliphatic rings. The van der Waals surface area contributed by atoms with Crippen molar-refractivity contribution in [2.45, 2.75) is 54.0 Å². The number of H-pyrrole nitrogens is 1. The Labute approximate surface area is 173 Å². The minimum Gasteiger partial charge on any atom is -0.497 e. The molecule has 6 nitrogen and oxygen atoms in total. The summed E-state index contributed by atoms with van der Waals surface area (Å²) < 4.78 is 5.19. The summed E-state index contributed by atoms with van der Waals surface area (Å²) in [7, 11) is 1.63. The van der Waals surface area contributed by atoms with Crippen molar-refractivity contribution in [3.05, 3.63) is 57.3 Å². The lowest BCUT2D eigenvalue weighted by molar-refractivity contribution is -0.135. The van der Waals surface area contributed by atoms with Gasteiger partial charge in [-0.1, -0.05) is 46.8 Å². The third kappa shape index (κ3) is 6.17. The van der Waals surface area contributed by atoms with Gasteiger partial charge in [-0.3, -0.25) is 9.59 Å². The van der Waals surface area contributed by atoms with Crippen LogP contribution in [-0.2, 0) is 24.2 Å². The fraction of sp³-hybridized carbons (Fsp3) is 0.522. The van der Waals surface area contributed by atoms with Gasteiger partial charge in [0.1, 0.15) is 11.6 Å². The van der Waals surface area contributed by atoms with E-state index >= 15 is 0 Å². The maximum Gasteiger partial charge on any atom is 0.254 e. The van der Waals surface area contributed by atoms with Gasteiger partial charge in [-0.05, 0) is 30.0 Å². The van der Waals surface area contributed by atoms with E-state index in [1.807, 2.05) is 45.0 Å². The van der Waals surface area contributed by atoms with E-state index in [1.165, 1.54) is 0 Å². The quantitative estimate of drug-likeness (QED) is 0.699. The number of rotatable bonds is 9. The van der Waals surface area contributed by atoms with Crippen LogP contribution in [0, 0.1) is 11.8 Å². The number of benzene rings is 1. The third-order valence-electron chi connectivity index (χ3n) is 4.76. The van der Waals surface area contributed by atoms with Crippen molar-refractivity contribution in [2.24, 2.45) is 11.8 Å². The van der Waals surface area contributed by atoms with Crippen LogP contribution < -0.4 is 10.3 Å². The fourth-order valence-corrected chi connectivity index (χ4v) is 3.31. The number of carbonyl (C=O) groups is 1. The molecule has 29 heavy (non-hydrogen) atoms. The van der Waals surface area contributed by atoms with Gasteiger partial charge < -0.3 is 14.6 Å². The van der Waals surface area contributed by atoms with Gasteiger partial charge in [-0.25, -0.2) is 4.98 Å². The Morgan fingerprint density at radius 2 is 1.83 bits per heavy atom. The molecule has 0 aliphatic heterocycles. The zero-order chi connectivity index (χ0) is 21.6. The molecule has 1 N–H and O–H groups in total. The van der Waals surface area contributed by atoms with Crippen LogP contribution in [0.15, 0.2) is 29.1 Å². The first kappa shape index (κ1) is 22.7. The highest BCUT2D eigenvalue weighted by molar-refractivity contribution is 5.78. The van der Waals surface area contributed by atoms with Crippen LogP contribution in [0.1, 0.15) is 57.3 Å². The Kier molecular flexibility index (Phi) is 8.00. The van der Waals surface area contributed by atoms with Crippen LogP contribution in [0.3, 0.4) is 0 Å². The zero-order valence-corrected chi connectivity index (χ0v) is 18.4. The lowest BCUT2D eigenvalue weighted by Gasteiger charge is -2.26. The maximum atomic E-state index is 12.8. The largest absolute Gasteiger partial charge is 0.497 e. The van der Waals surface area contributed by atoms with E-state index in [1.54, 1.807) is 12.0 Å². The number of aromatic nitrogens is 2. The molecule has 1 aromatic carbocycles. The highest BCUT2D eigenvalue weighted by Crippen LogP contribution is 2.16. The van der Waals surface area contributed by atoms with Crippen LogP contribution in [0.2, 0.25) is 0 Å². The van der Waals surface area contributed by atoms with Crippen molar-refractivity contribution >= 4 is 5.91 Å². The van der Waals surface area contributed by atoms with Gasteiger partial charge in [0.15, 0.2) is 0 Å². The predicted molar refractivity (Wildman–Crippen MR) is 115 cm³/mol. The second-order valence-corrected chi connectivity index (χ2v) is 8.08. The Morgan fingerprint density at radius 1 is 1.17 bits per heavy atom. The second kappa shape index (κ2) is 10.2. The molecule has 1 aromatic heterocycles. The Morgan fingerprint density at radius 3 is 2.34 bits per heavy atom. The summed E-state index contributed by atoms with van der Waals surface area (Å²) >= 11 is 0. The van der Waals surface area contributed by atoms with Gasteiger partial charge >= 0.3 is 0 Å². The van der Waals surface area contributed by atoms with Crippen LogP contribution in [0.4, 0.5) is 0 Å². The Balaban J connectivity index is 2.30. The lowest BCUT2D eigenvalue weighted by Crippen LogP contribution is -2.37. The van der Waals surface area contributed by atoms with E-state index in [4.69, 9.17) is 9.72 Å². The molecule has 158 valence electrons. The maximum absolute atomic E-state index is 12.8. The molecule has 0 bridgehead atoms. The number of aryl methyl sites for hydroxylation is 1. The van der Waals surface area contributed by atoms with Crippen LogP contribution in [0.5, 0.6) is 5.75 Å². The van der Waals surface area contributed by atoms with Gasteiger partial charge in [-0.2, -0.15) is 0 Å². The minimum absolute atomic E-state index is 0.0710. The van der Waals surface area contributed by atoms with Crippen molar-refractivity contribution in [1.82, 2.24) is 14.9 Å². The number of nitrogens with zero attached hydrogens (tertiary/aromatic N) is 2. The van der Waals surface area contributed by atoms with Gasteiger partial charge in [-0.15, -0.1) is 0 Å². The van der Waals surface area contributed by atoms with Gasteiger partial charge in [0.05, 0.1) is 19.3 Å². The molecule has 0 radical (unpaired) electrons. The van der Waals surface area contributed by atoms with Crippen LogP contribution in [-0.4, -0.2) is 34.4 Å². The van der Waals surface area contributed by atoms with E-state index in [0.717, 1.165) is 17.0 Å². The highest BCUT2D eigenvalue weighted by Gasteiger charge is 2.20. The molecule has 1 heterocycles. The summed E-state index contributed by atoms with van der Waals surface area (Å²) in [5.74, 6) is 1.64. The van der Waals surface area contributed by atoms with Crippen molar-refractivity contribution in [3.63, 3.8) is 0 Å². The fourth-order valence-electron chi connectivity index (χ4n) is 3.31. The first-order chi connectivity index (χ1) is 13.7. The molecule has 6 heteroatoms. The van der Waals surface area contributed by atoms with Crippen molar-refractivity contribution in [1.29, 1.82) is 0 Å². The van der Waals surface area contributed by atoms with Gasteiger partial charge in [0.2, 0.25) is 5.91 Å². The van der Waals surface area contributed by atoms with Crippen molar-refractivity contribution < 1.29 is 9.53 Å². The molecular weight excluding hydrogens is 366 g/mol. The molecule has 0 fully saturated rings. The number of hydrogen-bond acceptors (Lipinski definition) is 4. The monoisotopic (exact) mass is 399 g/mol. The molecule has 0 atom stereocenters. The molecule has 0 saturated carbocycles. The number of hydrogen-bond donors (Lipinski definition) is 1. The molecular formula is C23H33N3O3. The predicted octanol–water partition coefficient (Wildman–Crippen LogP) is 3.57. The minimum atomic E-state index is -0.135. The molecule has 0 saturated heterocycles. The Bertz CT molecular complexity index is 870. The average Bonchev–Trinajstić information content (AvgIpc) is 2.68. The lowest BCUT2D eigenvalue weighted by atomic mass is 10.0. The highest BCUT2D eigenvalue weighted by atomic mass is 16.5.